The summed E-state index contributed by atoms with van der Waals surface area (Å²) in [6, 6.07) is 15.0. The molecule has 0 atom stereocenters. The summed E-state index contributed by atoms with van der Waals surface area (Å²) < 4.78 is 22.3. The van der Waals surface area contributed by atoms with Crippen LogP contribution in [-0.4, -0.2) is 23.0 Å². The van der Waals surface area contributed by atoms with Crippen LogP contribution < -0.4 is 25.2 Å². The average molecular weight is 588 g/mol. The first-order chi connectivity index (χ1) is 20.4. The Hall–Kier alpha value is -5.12. The van der Waals surface area contributed by atoms with Gasteiger partial charge in [0.25, 0.3) is 5.91 Å². The van der Waals surface area contributed by atoms with E-state index in [2.05, 4.69) is 5.32 Å². The van der Waals surface area contributed by atoms with Crippen LogP contribution in [0.4, 0.5) is 5.69 Å². The van der Waals surface area contributed by atoms with Crippen molar-refractivity contribution in [1.29, 1.82) is 0 Å². The molecular weight excluding hydrogens is 554 g/mol. The normalized spacial score (nSPS) is 10.9. The number of anilines is 1. The highest BCUT2D eigenvalue weighted by molar-refractivity contribution is 6.09. The predicted octanol–water partition coefficient (Wildman–Crippen LogP) is 6.08. The maximum Gasteiger partial charge on any atom is 0.364 e. The summed E-state index contributed by atoms with van der Waals surface area (Å²) in [7, 11) is 0. The zero-order valence-electron chi connectivity index (χ0n) is 24.6. The lowest BCUT2D eigenvalue weighted by Gasteiger charge is -2.17. The smallest absolute Gasteiger partial charge is 0.364 e. The van der Waals surface area contributed by atoms with Crippen molar-refractivity contribution in [2.24, 2.45) is 5.92 Å². The molecule has 1 heterocycles. The summed E-state index contributed by atoms with van der Waals surface area (Å²) in [5.74, 6) is -1.79. The Kier molecular flexibility index (Phi) is 9.49. The fourth-order valence-electron chi connectivity index (χ4n) is 4.44. The fourth-order valence-corrected chi connectivity index (χ4v) is 4.44. The molecule has 2 N–H and O–H groups in total. The number of amides is 1. The number of aryl methyl sites for hydroxylation is 2. The number of phenols is 1. The summed E-state index contributed by atoms with van der Waals surface area (Å²) in [6.45, 7) is 8.14. The highest BCUT2D eigenvalue weighted by Gasteiger charge is 2.25. The standard InChI is InChI=1S/C33H33NO9/c1-18(2)11-12-23-15-25(28(42-21(5)36)16-27(23)41-20(4)35)32(38)34-29-31(40-17-22-9-7-6-8-10-22)24-13-14-26(37)19(3)30(24)43-33(29)39/h6-10,13-16,18,37H,11-12,17H2,1-5H3,(H,34,38). The van der Waals surface area contributed by atoms with Gasteiger partial charge in [-0.05, 0) is 55.0 Å². The molecule has 224 valence electrons. The minimum Gasteiger partial charge on any atom is -0.508 e. The van der Waals surface area contributed by atoms with E-state index in [1.54, 1.807) is 6.92 Å². The molecule has 0 bridgehead atoms. The Bertz CT molecular complexity index is 1740. The SMILES string of the molecule is CC(=O)Oc1cc(OC(C)=O)c(C(=O)Nc2c(OCc3ccccc3)c3ccc(O)c(C)c3oc2=O)cc1CCC(C)C. The Morgan fingerprint density at radius 1 is 0.953 bits per heavy atom. The lowest BCUT2D eigenvalue weighted by atomic mass is 9.99. The van der Waals surface area contributed by atoms with E-state index in [0.29, 0.717) is 28.9 Å². The molecule has 0 saturated heterocycles. The first-order valence-corrected chi connectivity index (χ1v) is 13.8. The average Bonchev–Trinajstić information content (AvgIpc) is 2.94. The minimum atomic E-state index is -0.914. The number of ether oxygens (including phenoxy) is 3. The number of benzene rings is 3. The van der Waals surface area contributed by atoms with E-state index in [9.17, 15) is 24.3 Å². The summed E-state index contributed by atoms with van der Waals surface area (Å²) in [4.78, 5) is 50.8. The molecule has 0 fully saturated rings. The zero-order chi connectivity index (χ0) is 31.3. The van der Waals surface area contributed by atoms with Crippen LogP contribution in [0.2, 0.25) is 0 Å². The molecule has 1 amide bonds. The van der Waals surface area contributed by atoms with E-state index in [0.717, 1.165) is 12.0 Å². The topological polar surface area (TPSA) is 141 Å². The van der Waals surface area contributed by atoms with E-state index in [1.165, 1.54) is 38.1 Å². The molecule has 3 aromatic carbocycles. The van der Waals surface area contributed by atoms with Crippen molar-refractivity contribution in [3.05, 3.63) is 87.3 Å². The number of esters is 2. The number of aromatic hydroxyl groups is 1. The van der Waals surface area contributed by atoms with Crippen molar-refractivity contribution in [1.82, 2.24) is 0 Å². The van der Waals surface area contributed by atoms with E-state index < -0.39 is 23.5 Å². The van der Waals surface area contributed by atoms with Crippen LogP contribution in [0.25, 0.3) is 11.0 Å². The van der Waals surface area contributed by atoms with Crippen LogP contribution in [0, 0.1) is 12.8 Å². The van der Waals surface area contributed by atoms with Gasteiger partial charge < -0.3 is 29.1 Å². The van der Waals surface area contributed by atoms with Gasteiger partial charge in [-0.1, -0.05) is 44.2 Å². The third kappa shape index (κ3) is 7.40. The van der Waals surface area contributed by atoms with Gasteiger partial charge in [-0.3, -0.25) is 14.4 Å². The van der Waals surface area contributed by atoms with Gasteiger partial charge >= 0.3 is 17.6 Å². The summed E-state index contributed by atoms with van der Waals surface area (Å²) in [5.41, 5.74) is 0.522. The number of nitrogens with one attached hydrogen (secondary N) is 1. The van der Waals surface area contributed by atoms with Crippen molar-refractivity contribution >= 4 is 34.5 Å². The summed E-state index contributed by atoms with van der Waals surface area (Å²) in [6.07, 6.45) is 1.19. The molecular formula is C33H33NO9. The Labute approximate surface area is 248 Å². The molecule has 0 spiro atoms. The third-order valence-corrected chi connectivity index (χ3v) is 6.62. The van der Waals surface area contributed by atoms with Crippen molar-refractivity contribution in [2.75, 3.05) is 5.32 Å². The molecule has 0 aliphatic heterocycles. The molecule has 10 nitrogen and oxygen atoms in total. The molecule has 10 heteroatoms. The maximum atomic E-state index is 13.8. The fraction of sp³-hybridized carbons (Fsp3) is 0.273. The molecule has 4 rings (SSSR count). The monoisotopic (exact) mass is 587 g/mol. The van der Waals surface area contributed by atoms with Crippen LogP contribution >= 0.6 is 0 Å². The first-order valence-electron chi connectivity index (χ1n) is 13.8. The second-order valence-corrected chi connectivity index (χ2v) is 10.5. The molecule has 0 aliphatic carbocycles. The van der Waals surface area contributed by atoms with Crippen LogP contribution in [-0.2, 0) is 22.6 Å². The lowest BCUT2D eigenvalue weighted by molar-refractivity contribution is -0.132. The van der Waals surface area contributed by atoms with Gasteiger partial charge in [-0.15, -0.1) is 0 Å². The van der Waals surface area contributed by atoms with Crippen molar-refractivity contribution in [3.63, 3.8) is 0 Å². The Morgan fingerprint density at radius 3 is 2.28 bits per heavy atom. The maximum absolute atomic E-state index is 13.8. The van der Waals surface area contributed by atoms with E-state index >= 15 is 0 Å². The summed E-state index contributed by atoms with van der Waals surface area (Å²) >= 11 is 0. The number of hydrogen-bond acceptors (Lipinski definition) is 9. The van der Waals surface area contributed by atoms with Gasteiger partial charge in [0, 0.05) is 25.5 Å². The van der Waals surface area contributed by atoms with Gasteiger partial charge in [-0.2, -0.15) is 0 Å². The Balaban J connectivity index is 1.83. The highest BCUT2D eigenvalue weighted by atomic mass is 16.5. The molecule has 43 heavy (non-hydrogen) atoms. The second kappa shape index (κ2) is 13.2. The quantitative estimate of drug-likeness (QED) is 0.128. The molecule has 0 unspecified atom stereocenters. The van der Waals surface area contributed by atoms with Crippen molar-refractivity contribution < 1.29 is 38.1 Å². The number of hydrogen-bond donors (Lipinski definition) is 2. The van der Waals surface area contributed by atoms with Gasteiger partial charge in [-0.25, -0.2) is 4.79 Å². The highest BCUT2D eigenvalue weighted by Crippen LogP contribution is 2.37. The number of carbonyl (C=O) groups is 3. The van der Waals surface area contributed by atoms with Crippen molar-refractivity contribution in [2.45, 2.75) is 54.1 Å². The first kappa shape index (κ1) is 30.8. The van der Waals surface area contributed by atoms with Crippen LogP contribution in [0.15, 0.2) is 63.8 Å². The molecule has 1 aromatic heterocycles. The van der Waals surface area contributed by atoms with Gasteiger partial charge in [0.1, 0.15) is 29.4 Å². The van der Waals surface area contributed by atoms with Crippen molar-refractivity contribution in [3.8, 4) is 23.0 Å². The lowest BCUT2D eigenvalue weighted by Crippen LogP contribution is -2.21. The molecule has 0 saturated carbocycles. The molecule has 0 radical (unpaired) electrons. The van der Waals surface area contributed by atoms with Crippen LogP contribution in [0.1, 0.15) is 61.2 Å². The predicted molar refractivity (Wildman–Crippen MR) is 160 cm³/mol. The third-order valence-electron chi connectivity index (χ3n) is 6.62. The van der Waals surface area contributed by atoms with E-state index in [1.807, 2.05) is 44.2 Å². The Morgan fingerprint density at radius 2 is 1.63 bits per heavy atom. The largest absolute Gasteiger partial charge is 0.508 e. The van der Waals surface area contributed by atoms with E-state index in [4.69, 9.17) is 18.6 Å². The summed E-state index contributed by atoms with van der Waals surface area (Å²) in [5, 5.41) is 13.2. The van der Waals surface area contributed by atoms with E-state index in [-0.39, 0.29) is 46.4 Å². The molecule has 0 aliphatic rings. The van der Waals surface area contributed by atoms with Crippen LogP contribution in [0.5, 0.6) is 23.0 Å². The molecule has 4 aromatic rings. The number of carbonyl (C=O) groups excluding carboxylic acids is 3. The number of phenolic OH excluding ortho intramolecular Hbond substituents is 1. The second-order valence-electron chi connectivity index (χ2n) is 10.5. The van der Waals surface area contributed by atoms with Crippen LogP contribution in [0.3, 0.4) is 0 Å². The number of fused-ring (bicyclic) bond motifs is 1. The van der Waals surface area contributed by atoms with Gasteiger partial charge in [0.15, 0.2) is 11.4 Å². The minimum absolute atomic E-state index is 0.0390. The van der Waals surface area contributed by atoms with Gasteiger partial charge in [0.2, 0.25) is 0 Å². The van der Waals surface area contributed by atoms with Gasteiger partial charge in [0.05, 0.1) is 10.9 Å². The zero-order valence-corrected chi connectivity index (χ0v) is 24.6. The number of rotatable bonds is 10.